The molecule has 0 unspecified atom stereocenters. The Balaban J connectivity index is 3.24. The fraction of sp³-hybridized carbons (Fsp3) is 0.455. The van der Waals surface area contributed by atoms with Crippen molar-refractivity contribution < 1.29 is 18.7 Å². The minimum Gasteiger partial charge on any atom is -0.506 e. The van der Waals surface area contributed by atoms with Crippen LogP contribution in [-0.4, -0.2) is 18.3 Å². The number of hydrogen-bond acceptors (Lipinski definition) is 5. The van der Waals surface area contributed by atoms with Crippen molar-refractivity contribution in [3.63, 3.8) is 0 Å². The van der Waals surface area contributed by atoms with Crippen LogP contribution in [0, 0.1) is 0 Å². The third kappa shape index (κ3) is 3.85. The number of phenolic OH excluding ortho intramolecular Hbond substituents is 1. The third-order valence-corrected chi connectivity index (χ3v) is 5.04. The normalized spacial score (nSPS) is 13.5. The van der Waals surface area contributed by atoms with Gasteiger partial charge < -0.3 is 19.9 Å². The summed E-state index contributed by atoms with van der Waals surface area (Å²) < 4.78 is 22.8. The van der Waals surface area contributed by atoms with Crippen LogP contribution in [0.3, 0.4) is 0 Å². The maximum absolute atomic E-state index is 12.5. The van der Waals surface area contributed by atoms with E-state index in [9.17, 15) is 9.67 Å². The number of hydrogen-bond donors (Lipinski definition) is 2. The largest absolute Gasteiger partial charge is 0.506 e. The van der Waals surface area contributed by atoms with E-state index in [4.69, 9.17) is 38.0 Å². The summed E-state index contributed by atoms with van der Waals surface area (Å²) in [4.78, 5) is 0. The van der Waals surface area contributed by atoms with Gasteiger partial charge in [-0.05, 0) is 26.0 Å². The number of aromatic hydroxyl groups is 1. The molecule has 0 bridgehead atoms. The van der Waals surface area contributed by atoms with Crippen LogP contribution in [0.5, 0.6) is 5.75 Å². The summed E-state index contributed by atoms with van der Waals surface area (Å²) in [6.45, 7) is 3.67. The maximum Gasteiger partial charge on any atom is 0.351 e. The van der Waals surface area contributed by atoms with Crippen LogP contribution in [0.15, 0.2) is 12.1 Å². The molecule has 0 aliphatic carbocycles. The van der Waals surface area contributed by atoms with Gasteiger partial charge in [0.25, 0.3) is 0 Å². The lowest BCUT2D eigenvalue weighted by Gasteiger charge is -2.24. The van der Waals surface area contributed by atoms with Crippen LogP contribution in [0.4, 0.5) is 0 Å². The molecule has 0 saturated carbocycles. The second-order valence-corrected chi connectivity index (χ2v) is 6.64. The molecule has 19 heavy (non-hydrogen) atoms. The van der Waals surface area contributed by atoms with E-state index in [-0.39, 0.29) is 34.6 Å². The van der Waals surface area contributed by atoms with E-state index in [1.165, 1.54) is 12.1 Å². The lowest BCUT2D eigenvalue weighted by atomic mass is 10.2. The Hall–Kier alpha value is -0.290. The lowest BCUT2D eigenvalue weighted by Crippen LogP contribution is -2.15. The summed E-state index contributed by atoms with van der Waals surface area (Å²) >= 11 is 11.7. The molecule has 0 aliphatic rings. The minimum atomic E-state index is -3.60. The average molecular weight is 328 g/mol. The van der Waals surface area contributed by atoms with Gasteiger partial charge in [0.05, 0.1) is 18.2 Å². The molecule has 3 N–H and O–H groups in total. The van der Waals surface area contributed by atoms with Gasteiger partial charge in [-0.25, -0.2) is 0 Å². The number of halogens is 2. The van der Waals surface area contributed by atoms with Crippen molar-refractivity contribution in [2.45, 2.75) is 19.6 Å². The number of phenols is 1. The molecule has 5 nitrogen and oxygen atoms in total. The molecule has 1 atom stereocenters. The Morgan fingerprint density at radius 1 is 1.32 bits per heavy atom. The molecule has 1 aromatic carbocycles. The van der Waals surface area contributed by atoms with E-state index in [1.807, 2.05) is 0 Å². The first-order valence-corrected chi connectivity index (χ1v) is 8.04. The summed E-state index contributed by atoms with van der Waals surface area (Å²) in [5.41, 5.74) is 6.02. The Labute approximate surface area is 122 Å². The summed E-state index contributed by atoms with van der Waals surface area (Å²) in [6, 6.07) is 2.75. The van der Waals surface area contributed by atoms with Gasteiger partial charge in [0.2, 0.25) is 0 Å². The van der Waals surface area contributed by atoms with Crippen LogP contribution < -0.4 is 5.73 Å². The number of nitrogens with two attached hydrogens (primary N) is 1. The van der Waals surface area contributed by atoms with Gasteiger partial charge in [-0.3, -0.25) is 4.57 Å². The highest BCUT2D eigenvalue weighted by atomic mass is 35.5. The van der Waals surface area contributed by atoms with Crippen molar-refractivity contribution in [2.75, 3.05) is 13.2 Å². The average Bonchev–Trinajstić information content (AvgIpc) is 2.33. The number of rotatable bonds is 6. The Morgan fingerprint density at radius 2 is 1.84 bits per heavy atom. The first-order chi connectivity index (χ1) is 8.85. The van der Waals surface area contributed by atoms with E-state index in [0.717, 1.165) is 0 Å². The second-order valence-electron chi connectivity index (χ2n) is 3.65. The summed E-state index contributed by atoms with van der Waals surface area (Å²) in [5, 5.41) is 10.2. The molecule has 0 aromatic heterocycles. The van der Waals surface area contributed by atoms with Crippen molar-refractivity contribution in [3.05, 3.63) is 27.7 Å². The van der Waals surface area contributed by atoms with Crippen LogP contribution in [0.1, 0.15) is 25.2 Å². The van der Waals surface area contributed by atoms with Crippen molar-refractivity contribution >= 4 is 30.8 Å². The first-order valence-electron chi connectivity index (χ1n) is 5.68. The molecule has 0 amide bonds. The minimum absolute atomic E-state index is 0.0255. The molecule has 1 aromatic rings. The highest BCUT2D eigenvalue weighted by Crippen LogP contribution is 2.60. The first kappa shape index (κ1) is 16.8. The molecule has 0 spiro atoms. The summed E-state index contributed by atoms with van der Waals surface area (Å²) in [5.74, 6) is -1.44. The standard InChI is InChI=1S/C11H16Cl2NO4P/c1-3-17-19(16,18-4-2)11(14)8-5-7(12)6-9(13)10(8)15/h5-6,11,15H,3-4,14H2,1-2H3/t11-/m0/s1. The topological polar surface area (TPSA) is 81.8 Å². The molecule has 108 valence electrons. The maximum atomic E-state index is 12.5. The Bertz CT molecular complexity index is 488. The van der Waals surface area contributed by atoms with Gasteiger partial charge >= 0.3 is 7.60 Å². The monoisotopic (exact) mass is 327 g/mol. The molecule has 0 aliphatic heterocycles. The Kier molecular flexibility index (Phi) is 6.12. The van der Waals surface area contributed by atoms with Gasteiger partial charge in [-0.1, -0.05) is 23.2 Å². The molecular weight excluding hydrogens is 312 g/mol. The third-order valence-electron chi connectivity index (χ3n) is 2.34. The predicted octanol–water partition coefficient (Wildman–Crippen LogP) is 3.92. The van der Waals surface area contributed by atoms with E-state index < -0.39 is 13.4 Å². The molecule has 0 heterocycles. The zero-order valence-electron chi connectivity index (χ0n) is 10.6. The van der Waals surface area contributed by atoms with E-state index in [2.05, 4.69) is 0 Å². The van der Waals surface area contributed by atoms with Crippen LogP contribution in [0.25, 0.3) is 0 Å². The van der Waals surface area contributed by atoms with Crippen molar-refractivity contribution in [2.24, 2.45) is 5.73 Å². The van der Waals surface area contributed by atoms with Crippen LogP contribution in [0.2, 0.25) is 10.0 Å². The molecule has 8 heteroatoms. The lowest BCUT2D eigenvalue weighted by molar-refractivity contribution is 0.212. The second kappa shape index (κ2) is 6.93. The van der Waals surface area contributed by atoms with E-state index >= 15 is 0 Å². The molecule has 0 fully saturated rings. The van der Waals surface area contributed by atoms with Crippen molar-refractivity contribution in [1.82, 2.24) is 0 Å². The highest BCUT2D eigenvalue weighted by Gasteiger charge is 2.36. The molecule has 1 rings (SSSR count). The van der Waals surface area contributed by atoms with Crippen molar-refractivity contribution in [1.29, 1.82) is 0 Å². The SMILES string of the molecule is CCOP(=O)(OCC)[C@H](N)c1cc(Cl)cc(Cl)c1O. The zero-order chi connectivity index (χ0) is 14.6. The zero-order valence-corrected chi connectivity index (χ0v) is 13.0. The van der Waals surface area contributed by atoms with Gasteiger partial charge in [-0.15, -0.1) is 0 Å². The van der Waals surface area contributed by atoms with E-state index in [1.54, 1.807) is 13.8 Å². The van der Waals surface area contributed by atoms with Gasteiger partial charge in [0.15, 0.2) is 0 Å². The molecular formula is C11H16Cl2NO4P. The smallest absolute Gasteiger partial charge is 0.351 e. The Morgan fingerprint density at radius 3 is 2.32 bits per heavy atom. The molecule has 0 saturated heterocycles. The van der Waals surface area contributed by atoms with Crippen LogP contribution in [-0.2, 0) is 13.6 Å². The fourth-order valence-electron chi connectivity index (χ4n) is 1.54. The summed E-state index contributed by atoms with van der Waals surface area (Å²) in [6.07, 6.45) is 0. The predicted molar refractivity (Wildman–Crippen MR) is 75.9 cm³/mol. The summed E-state index contributed by atoms with van der Waals surface area (Å²) in [7, 11) is -3.60. The molecule has 0 radical (unpaired) electrons. The number of benzene rings is 1. The highest BCUT2D eigenvalue weighted by molar-refractivity contribution is 7.54. The van der Waals surface area contributed by atoms with Crippen LogP contribution >= 0.6 is 30.8 Å². The fourth-order valence-corrected chi connectivity index (χ4v) is 3.70. The van der Waals surface area contributed by atoms with Gasteiger partial charge in [-0.2, -0.15) is 0 Å². The van der Waals surface area contributed by atoms with Crippen molar-refractivity contribution in [3.8, 4) is 5.75 Å². The van der Waals surface area contributed by atoms with Gasteiger partial charge in [0.1, 0.15) is 11.5 Å². The van der Waals surface area contributed by atoms with Gasteiger partial charge in [0, 0.05) is 10.6 Å². The van der Waals surface area contributed by atoms with E-state index in [0.29, 0.717) is 0 Å². The quantitative estimate of drug-likeness (QED) is 0.774.